The van der Waals surface area contributed by atoms with E-state index in [1.807, 2.05) is 23.4 Å². The Kier molecular flexibility index (Phi) is 5.34. The minimum Gasteiger partial charge on any atom is -0.382 e. The maximum Gasteiger partial charge on any atom is 0.150 e. The summed E-state index contributed by atoms with van der Waals surface area (Å²) >= 11 is 0. The van der Waals surface area contributed by atoms with E-state index in [2.05, 4.69) is 67.2 Å². The van der Waals surface area contributed by atoms with Gasteiger partial charge >= 0.3 is 0 Å². The van der Waals surface area contributed by atoms with E-state index in [4.69, 9.17) is 10.7 Å². The van der Waals surface area contributed by atoms with Crippen LogP contribution in [0.25, 0.3) is 28.5 Å². The molecule has 3 aromatic rings. The van der Waals surface area contributed by atoms with Crippen molar-refractivity contribution in [2.24, 2.45) is 0 Å². The molecule has 2 aromatic heterocycles. The van der Waals surface area contributed by atoms with Crippen LogP contribution in [0, 0.1) is 0 Å². The molecule has 0 saturated heterocycles. The average Bonchev–Trinajstić information content (AvgIpc) is 3.18. The van der Waals surface area contributed by atoms with Crippen molar-refractivity contribution >= 4 is 23.1 Å². The molecule has 1 atom stereocenters. The van der Waals surface area contributed by atoms with Crippen LogP contribution < -0.4 is 5.73 Å². The Hall–Kier alpha value is -3.86. The van der Waals surface area contributed by atoms with E-state index >= 15 is 0 Å². The molecule has 2 N–H and O–H groups in total. The van der Waals surface area contributed by atoms with Gasteiger partial charge in [-0.15, -0.1) is 0 Å². The van der Waals surface area contributed by atoms with Crippen LogP contribution in [0.1, 0.15) is 43.1 Å². The van der Waals surface area contributed by atoms with Gasteiger partial charge in [0.1, 0.15) is 22.9 Å². The van der Waals surface area contributed by atoms with E-state index < -0.39 is 0 Å². The second-order valence-corrected chi connectivity index (χ2v) is 7.62. The van der Waals surface area contributed by atoms with Gasteiger partial charge in [-0.2, -0.15) is 0 Å². The number of nitrogens with two attached hydrogens (primary N) is 1. The highest BCUT2D eigenvalue weighted by Gasteiger charge is 2.22. The van der Waals surface area contributed by atoms with Crippen molar-refractivity contribution < 1.29 is 0 Å². The average molecular weight is 410 g/mol. The molecule has 0 aliphatic carbocycles. The summed E-state index contributed by atoms with van der Waals surface area (Å²) in [6.45, 7) is 16.4. The number of rotatable bonds is 6. The highest BCUT2D eigenvalue weighted by Crippen LogP contribution is 2.37. The first-order chi connectivity index (χ1) is 15.0. The normalized spacial score (nSPS) is 14.6. The van der Waals surface area contributed by atoms with Gasteiger partial charge in [0.2, 0.25) is 0 Å². The molecule has 0 fully saturated rings. The maximum atomic E-state index is 6.29. The molecule has 1 aromatic carbocycles. The van der Waals surface area contributed by atoms with Crippen LogP contribution in [0.2, 0.25) is 0 Å². The molecular weight excluding hydrogens is 382 g/mol. The zero-order chi connectivity index (χ0) is 22.1. The summed E-state index contributed by atoms with van der Waals surface area (Å²) in [6.07, 6.45) is 14.2. The lowest BCUT2D eigenvalue weighted by molar-refractivity contribution is 0.675. The monoisotopic (exact) mass is 409 g/mol. The Balaban J connectivity index is 1.87. The highest BCUT2D eigenvalue weighted by molar-refractivity contribution is 5.88. The Bertz CT molecular complexity index is 1260. The number of fused-ring (bicyclic) bond motifs is 2. The number of aromatic nitrogens is 3. The fourth-order valence-electron chi connectivity index (χ4n) is 3.90. The minimum absolute atomic E-state index is 0.299. The first kappa shape index (κ1) is 20.4. The van der Waals surface area contributed by atoms with E-state index in [-0.39, 0.29) is 0 Å². The number of nitrogen functional groups attached to an aromatic ring is 1. The van der Waals surface area contributed by atoms with Crippen LogP contribution in [0.5, 0.6) is 0 Å². The first-order valence-corrected chi connectivity index (χ1v) is 10.4. The van der Waals surface area contributed by atoms with Crippen LogP contribution in [-0.2, 0) is 0 Å². The van der Waals surface area contributed by atoms with Crippen LogP contribution in [0.15, 0.2) is 80.5 Å². The molecular formula is C26H27N5. The van der Waals surface area contributed by atoms with Gasteiger partial charge in [0.25, 0.3) is 0 Å². The minimum atomic E-state index is 0.299. The highest BCUT2D eigenvalue weighted by atomic mass is 15.1. The molecule has 1 aliphatic rings. The molecule has 31 heavy (non-hydrogen) atoms. The third kappa shape index (κ3) is 3.38. The molecule has 1 aliphatic heterocycles. The first-order valence-electron chi connectivity index (χ1n) is 10.4. The van der Waals surface area contributed by atoms with E-state index in [9.17, 15) is 0 Å². The van der Waals surface area contributed by atoms with E-state index in [0.29, 0.717) is 11.7 Å². The van der Waals surface area contributed by atoms with Gasteiger partial charge in [0.15, 0.2) is 0 Å². The summed E-state index contributed by atoms with van der Waals surface area (Å²) in [7, 11) is 0. The molecule has 0 amide bonds. The summed E-state index contributed by atoms with van der Waals surface area (Å²) in [5, 5.41) is 0. The van der Waals surface area contributed by atoms with Crippen molar-refractivity contribution in [1.29, 1.82) is 0 Å². The fourth-order valence-corrected chi connectivity index (χ4v) is 3.90. The number of benzene rings is 1. The molecule has 5 heteroatoms. The predicted molar refractivity (Wildman–Crippen MR) is 130 cm³/mol. The van der Waals surface area contributed by atoms with Crippen LogP contribution in [0.3, 0.4) is 0 Å². The van der Waals surface area contributed by atoms with Crippen molar-refractivity contribution in [3.8, 4) is 11.3 Å². The third-order valence-corrected chi connectivity index (χ3v) is 5.77. The molecule has 3 heterocycles. The van der Waals surface area contributed by atoms with Crippen molar-refractivity contribution in [2.75, 3.05) is 5.73 Å². The quantitative estimate of drug-likeness (QED) is 0.507. The van der Waals surface area contributed by atoms with E-state index in [0.717, 1.165) is 51.5 Å². The number of hydrogen-bond acceptors (Lipinski definition) is 4. The predicted octanol–water partition coefficient (Wildman–Crippen LogP) is 6.00. The lowest BCUT2D eigenvalue weighted by Crippen LogP contribution is -2.16. The Morgan fingerprint density at radius 2 is 2.10 bits per heavy atom. The molecule has 4 rings (SSSR count). The second kappa shape index (κ2) is 8.11. The van der Waals surface area contributed by atoms with Gasteiger partial charge in [-0.25, -0.2) is 9.97 Å². The van der Waals surface area contributed by atoms with Crippen LogP contribution in [-0.4, -0.2) is 19.3 Å². The van der Waals surface area contributed by atoms with Gasteiger partial charge in [0.05, 0.1) is 0 Å². The molecule has 0 radical (unpaired) electrons. The maximum absolute atomic E-state index is 6.29. The molecule has 0 spiro atoms. The molecule has 1 unspecified atom stereocenters. The topological polar surface area (TPSA) is 59.5 Å². The Morgan fingerprint density at radius 1 is 1.29 bits per heavy atom. The van der Waals surface area contributed by atoms with Gasteiger partial charge in [-0.05, 0) is 36.3 Å². The Morgan fingerprint density at radius 3 is 2.81 bits per heavy atom. The molecule has 0 bridgehead atoms. The summed E-state index contributed by atoms with van der Waals surface area (Å²) in [6, 6.07) is 6.29. The number of hydrogen-bond donors (Lipinski definition) is 1. The SMILES string of the molecule is C=C/C=C(\C=C)N1C=Cc2ccc(-c3nc(C(C)CC)n4ccnc(N)c34)cc2C1=C. The summed E-state index contributed by atoms with van der Waals surface area (Å²) in [5.41, 5.74) is 12.9. The zero-order valence-corrected chi connectivity index (χ0v) is 18.0. The number of anilines is 1. The van der Waals surface area contributed by atoms with Gasteiger partial charge in [0, 0.05) is 47.0 Å². The fraction of sp³-hybridized carbons (Fsp3) is 0.154. The largest absolute Gasteiger partial charge is 0.382 e. The lowest BCUT2D eigenvalue weighted by atomic mass is 9.96. The Labute approximate surface area is 183 Å². The second-order valence-electron chi connectivity index (χ2n) is 7.62. The summed E-state index contributed by atoms with van der Waals surface area (Å²) in [4.78, 5) is 11.3. The van der Waals surface area contributed by atoms with Crippen molar-refractivity contribution in [1.82, 2.24) is 19.3 Å². The number of nitrogens with zero attached hydrogens (tertiary/aromatic N) is 4. The molecule has 156 valence electrons. The van der Waals surface area contributed by atoms with Crippen molar-refractivity contribution in [3.63, 3.8) is 0 Å². The molecule has 5 nitrogen and oxygen atoms in total. The van der Waals surface area contributed by atoms with E-state index in [1.54, 1.807) is 18.3 Å². The zero-order valence-electron chi connectivity index (χ0n) is 18.0. The van der Waals surface area contributed by atoms with Gasteiger partial charge in [-0.1, -0.05) is 51.8 Å². The summed E-state index contributed by atoms with van der Waals surface area (Å²) < 4.78 is 2.06. The standard InChI is InChI=1S/C26H27N5/c1-6-9-21(8-3)30-14-12-19-10-11-20(16-22(19)18(30)5)23-24-25(27)28-13-15-31(24)26(29-23)17(4)7-2/h6,8-17H,1,3,5,7H2,2,4H3,(H2,27,28)/b21-9+. The van der Waals surface area contributed by atoms with Gasteiger partial charge < -0.3 is 10.6 Å². The number of imidazole rings is 1. The van der Waals surface area contributed by atoms with E-state index in [1.165, 1.54) is 0 Å². The van der Waals surface area contributed by atoms with Gasteiger partial charge in [-0.3, -0.25) is 4.40 Å². The molecule has 0 saturated carbocycles. The summed E-state index contributed by atoms with van der Waals surface area (Å²) in [5.74, 6) is 1.76. The van der Waals surface area contributed by atoms with Crippen LogP contribution in [0.4, 0.5) is 5.82 Å². The van der Waals surface area contributed by atoms with Crippen LogP contribution >= 0.6 is 0 Å². The third-order valence-electron chi connectivity index (χ3n) is 5.77. The smallest absolute Gasteiger partial charge is 0.150 e. The lowest BCUT2D eigenvalue weighted by Gasteiger charge is -2.28. The van der Waals surface area contributed by atoms with Crippen molar-refractivity contribution in [3.05, 3.63) is 97.4 Å². The van der Waals surface area contributed by atoms with Crippen molar-refractivity contribution in [2.45, 2.75) is 26.2 Å². The number of allylic oxidation sites excluding steroid dienone is 3.